The fourth-order valence-electron chi connectivity index (χ4n) is 3.52. The number of hydrogen-bond acceptors (Lipinski definition) is 5. The molecule has 1 aliphatic heterocycles. The van der Waals surface area contributed by atoms with Crippen LogP contribution in [-0.4, -0.2) is 63.1 Å². The van der Waals surface area contributed by atoms with Gasteiger partial charge in [0.15, 0.2) is 5.69 Å². The molecule has 0 bridgehead atoms. The Hall–Kier alpha value is -2.68. The van der Waals surface area contributed by atoms with Gasteiger partial charge in [0.05, 0.1) is 17.5 Å². The van der Waals surface area contributed by atoms with Gasteiger partial charge in [0.25, 0.3) is 5.91 Å². The Labute approximate surface area is 164 Å². The summed E-state index contributed by atoms with van der Waals surface area (Å²) in [6, 6.07) is -0.664. The zero-order chi connectivity index (χ0) is 20.5. The number of nitrogens with zero attached hydrogens (tertiary/aromatic N) is 4. The van der Waals surface area contributed by atoms with Crippen molar-refractivity contribution in [2.45, 2.75) is 46.3 Å². The average Bonchev–Trinajstić information content (AvgIpc) is 3.22. The van der Waals surface area contributed by atoms with Crippen LogP contribution in [0.1, 0.15) is 43.4 Å². The summed E-state index contributed by atoms with van der Waals surface area (Å²) in [5.74, 6) is 0.159. The summed E-state index contributed by atoms with van der Waals surface area (Å²) >= 11 is 0. The van der Waals surface area contributed by atoms with Crippen molar-refractivity contribution in [3.8, 4) is 11.4 Å². The van der Waals surface area contributed by atoms with E-state index in [0.29, 0.717) is 12.2 Å². The van der Waals surface area contributed by atoms with E-state index in [2.05, 4.69) is 35.3 Å². The number of imidazole rings is 1. The molecule has 3 rings (SSSR count). The molecule has 3 N–H and O–H groups in total. The molecule has 0 fully saturated rings. The zero-order valence-corrected chi connectivity index (χ0v) is 17.2. The number of H-pyrrole nitrogens is 1. The Morgan fingerprint density at radius 3 is 2.64 bits per heavy atom. The summed E-state index contributed by atoms with van der Waals surface area (Å²) in [6.07, 6.45) is 4.44. The Morgan fingerprint density at radius 2 is 2.04 bits per heavy atom. The van der Waals surface area contributed by atoms with Crippen LogP contribution in [-0.2, 0) is 17.9 Å². The van der Waals surface area contributed by atoms with Crippen molar-refractivity contribution < 1.29 is 9.59 Å². The van der Waals surface area contributed by atoms with Gasteiger partial charge in [0.1, 0.15) is 11.9 Å². The number of fused-ring (bicyclic) bond motifs is 1. The second kappa shape index (κ2) is 7.75. The molecule has 152 valence electrons. The summed E-state index contributed by atoms with van der Waals surface area (Å²) in [6.45, 7) is 8.10. The van der Waals surface area contributed by atoms with Gasteiger partial charge in [-0.3, -0.25) is 14.7 Å². The lowest BCUT2D eigenvalue weighted by molar-refractivity contribution is -0.124. The van der Waals surface area contributed by atoms with Crippen molar-refractivity contribution >= 4 is 11.8 Å². The Morgan fingerprint density at radius 1 is 1.29 bits per heavy atom. The molecule has 28 heavy (non-hydrogen) atoms. The van der Waals surface area contributed by atoms with E-state index in [1.807, 2.05) is 27.8 Å². The number of nitrogens with one attached hydrogen (secondary N) is 3. The molecular weight excluding hydrogens is 358 g/mol. The van der Waals surface area contributed by atoms with Crippen LogP contribution in [0.5, 0.6) is 0 Å². The van der Waals surface area contributed by atoms with Gasteiger partial charge in [-0.05, 0) is 25.4 Å². The van der Waals surface area contributed by atoms with Gasteiger partial charge in [0, 0.05) is 26.3 Å². The lowest BCUT2D eigenvalue weighted by Crippen LogP contribution is -2.53. The number of likely N-dealkylation sites (N-methyl/N-ethyl adjacent to an activating group) is 1. The molecule has 3 heterocycles. The normalized spacial score (nSPS) is 16.2. The number of amides is 2. The van der Waals surface area contributed by atoms with Crippen LogP contribution in [0.3, 0.4) is 0 Å². The number of hydrogen-bond donors (Lipinski definition) is 3. The van der Waals surface area contributed by atoms with Gasteiger partial charge in [-0.25, -0.2) is 4.98 Å². The van der Waals surface area contributed by atoms with Crippen LogP contribution in [0.15, 0.2) is 12.4 Å². The highest BCUT2D eigenvalue weighted by Gasteiger charge is 2.34. The predicted octanol–water partition coefficient (Wildman–Crippen LogP) is 0.999. The molecule has 9 heteroatoms. The highest BCUT2D eigenvalue weighted by atomic mass is 16.2. The van der Waals surface area contributed by atoms with Gasteiger partial charge in [-0.1, -0.05) is 20.8 Å². The maximum atomic E-state index is 13.2. The fraction of sp³-hybridized carbons (Fsp3) is 0.579. The van der Waals surface area contributed by atoms with Crippen molar-refractivity contribution in [3.05, 3.63) is 23.8 Å². The minimum Gasteiger partial charge on any atom is -0.357 e. The third-order valence-corrected chi connectivity index (χ3v) is 5.04. The first-order chi connectivity index (χ1) is 13.2. The summed E-state index contributed by atoms with van der Waals surface area (Å²) in [4.78, 5) is 32.4. The number of carbonyl (C=O) groups excluding carboxylic acids is 2. The first kappa shape index (κ1) is 20.1. The molecule has 0 spiro atoms. The fourth-order valence-corrected chi connectivity index (χ4v) is 3.52. The minimum atomic E-state index is -0.664. The second-order valence-corrected chi connectivity index (χ2v) is 8.35. The number of aromatic nitrogens is 4. The van der Waals surface area contributed by atoms with E-state index < -0.39 is 11.5 Å². The smallest absolute Gasteiger partial charge is 0.272 e. The molecule has 2 aromatic rings. The van der Waals surface area contributed by atoms with E-state index >= 15 is 0 Å². The largest absolute Gasteiger partial charge is 0.357 e. The van der Waals surface area contributed by atoms with Crippen molar-refractivity contribution in [3.63, 3.8) is 0 Å². The van der Waals surface area contributed by atoms with E-state index in [4.69, 9.17) is 0 Å². The van der Waals surface area contributed by atoms with Gasteiger partial charge < -0.3 is 20.1 Å². The first-order valence-electron chi connectivity index (χ1n) is 9.52. The number of rotatable bonds is 4. The molecule has 9 nitrogen and oxygen atoms in total. The van der Waals surface area contributed by atoms with Crippen molar-refractivity contribution in [2.75, 3.05) is 20.6 Å². The van der Waals surface area contributed by atoms with E-state index in [0.717, 1.165) is 36.6 Å². The summed E-state index contributed by atoms with van der Waals surface area (Å²) < 4.78 is 2.09. The van der Waals surface area contributed by atoms with Crippen molar-refractivity contribution in [2.24, 2.45) is 5.41 Å². The Bertz CT molecular complexity index is 849. The molecule has 2 amide bonds. The quantitative estimate of drug-likeness (QED) is 0.725. The van der Waals surface area contributed by atoms with E-state index in [9.17, 15) is 9.59 Å². The van der Waals surface area contributed by atoms with Crippen LogP contribution in [0.2, 0.25) is 0 Å². The third kappa shape index (κ3) is 3.94. The van der Waals surface area contributed by atoms with Crippen LogP contribution in [0.25, 0.3) is 11.4 Å². The number of aromatic amines is 1. The SMILES string of the molecule is CNC(=O)C(NC(=O)c1nc(-c2cn[nH]c2)n2c1CN(C)CCC2)C(C)(C)C. The minimum absolute atomic E-state index is 0.224. The highest BCUT2D eigenvalue weighted by Crippen LogP contribution is 2.26. The molecule has 0 aliphatic carbocycles. The molecule has 2 aromatic heterocycles. The molecule has 0 aromatic carbocycles. The predicted molar refractivity (Wildman–Crippen MR) is 106 cm³/mol. The van der Waals surface area contributed by atoms with Crippen LogP contribution < -0.4 is 10.6 Å². The second-order valence-electron chi connectivity index (χ2n) is 8.35. The van der Waals surface area contributed by atoms with E-state index in [-0.39, 0.29) is 11.8 Å². The van der Waals surface area contributed by atoms with Gasteiger partial charge in [0.2, 0.25) is 5.91 Å². The van der Waals surface area contributed by atoms with Crippen molar-refractivity contribution in [1.82, 2.24) is 35.3 Å². The van der Waals surface area contributed by atoms with Gasteiger partial charge in [-0.2, -0.15) is 5.10 Å². The van der Waals surface area contributed by atoms with Gasteiger partial charge >= 0.3 is 0 Å². The standard InChI is InChI=1S/C19H29N7O2/c1-19(2,3)15(18(28)20-4)24-17(27)14-13-11-25(5)7-6-8-26(13)16(23-14)12-9-21-22-10-12/h9-10,15H,6-8,11H2,1-5H3,(H,20,28)(H,21,22)(H,24,27). The number of carbonyl (C=O) groups is 2. The summed E-state index contributed by atoms with van der Waals surface area (Å²) in [5, 5.41) is 12.4. The van der Waals surface area contributed by atoms with Crippen LogP contribution in [0.4, 0.5) is 0 Å². The molecule has 1 aliphatic rings. The van der Waals surface area contributed by atoms with E-state index in [1.54, 1.807) is 19.4 Å². The maximum absolute atomic E-state index is 13.2. The Balaban J connectivity index is 2.01. The van der Waals surface area contributed by atoms with E-state index in [1.165, 1.54) is 0 Å². The van der Waals surface area contributed by atoms with Crippen molar-refractivity contribution in [1.29, 1.82) is 0 Å². The molecule has 0 saturated heterocycles. The van der Waals surface area contributed by atoms with Crippen LogP contribution >= 0.6 is 0 Å². The molecular formula is C19H29N7O2. The molecule has 0 saturated carbocycles. The summed E-state index contributed by atoms with van der Waals surface area (Å²) in [7, 11) is 3.60. The topological polar surface area (TPSA) is 108 Å². The molecule has 0 radical (unpaired) electrons. The molecule has 1 unspecified atom stereocenters. The lowest BCUT2D eigenvalue weighted by Gasteiger charge is -2.29. The lowest BCUT2D eigenvalue weighted by atomic mass is 9.86. The van der Waals surface area contributed by atoms with Gasteiger partial charge in [-0.15, -0.1) is 0 Å². The average molecular weight is 387 g/mol. The zero-order valence-electron chi connectivity index (χ0n) is 17.2. The van der Waals surface area contributed by atoms with Crippen LogP contribution in [0, 0.1) is 5.41 Å². The summed E-state index contributed by atoms with van der Waals surface area (Å²) in [5.41, 5.74) is 1.63. The first-order valence-corrected chi connectivity index (χ1v) is 9.52. The Kier molecular flexibility index (Phi) is 5.55. The maximum Gasteiger partial charge on any atom is 0.272 e. The highest BCUT2D eigenvalue weighted by molar-refractivity contribution is 5.97. The monoisotopic (exact) mass is 387 g/mol. The molecule has 1 atom stereocenters. The third-order valence-electron chi connectivity index (χ3n) is 5.04.